The van der Waals surface area contributed by atoms with Crippen molar-refractivity contribution in [3.63, 3.8) is 0 Å². The van der Waals surface area contributed by atoms with Gasteiger partial charge in [0.15, 0.2) is 0 Å². The van der Waals surface area contributed by atoms with Crippen LogP contribution in [0.25, 0.3) is 0 Å². The molecular weight excluding hydrogens is 338 g/mol. The number of halogens is 1. The fraction of sp³-hybridized carbons (Fsp3) is 0.300. The number of hydrogen-bond donors (Lipinski definition) is 0. The van der Waals surface area contributed by atoms with Gasteiger partial charge in [-0.15, -0.1) is 0 Å². The van der Waals surface area contributed by atoms with Crippen LogP contribution < -0.4 is 4.90 Å². The van der Waals surface area contributed by atoms with E-state index in [-0.39, 0.29) is 11.9 Å². The second kappa shape index (κ2) is 7.70. The molecule has 3 rings (SSSR count). The van der Waals surface area contributed by atoms with Crippen molar-refractivity contribution in [1.82, 2.24) is 0 Å². The standard InChI is InChI=1S/C20H20ClNO3/c1-25-20(24)16-7-10-18-15(13-16)11-12-22(18)19(23)4-2-3-14-5-8-17(21)9-6-14/h5-10,13H,2-4,11-12H2,1H3. The Morgan fingerprint density at radius 3 is 2.64 bits per heavy atom. The summed E-state index contributed by atoms with van der Waals surface area (Å²) in [5, 5.41) is 0.722. The number of esters is 1. The molecule has 0 aliphatic carbocycles. The average molecular weight is 358 g/mol. The van der Waals surface area contributed by atoms with E-state index >= 15 is 0 Å². The smallest absolute Gasteiger partial charge is 0.337 e. The van der Waals surface area contributed by atoms with Crippen molar-refractivity contribution < 1.29 is 14.3 Å². The Morgan fingerprint density at radius 2 is 1.92 bits per heavy atom. The maximum Gasteiger partial charge on any atom is 0.337 e. The molecule has 1 heterocycles. The largest absolute Gasteiger partial charge is 0.465 e. The van der Waals surface area contributed by atoms with Gasteiger partial charge in [-0.2, -0.15) is 0 Å². The molecule has 0 bridgehead atoms. The highest BCUT2D eigenvalue weighted by Crippen LogP contribution is 2.30. The molecule has 130 valence electrons. The first-order chi connectivity index (χ1) is 12.1. The van der Waals surface area contributed by atoms with Gasteiger partial charge >= 0.3 is 5.97 Å². The van der Waals surface area contributed by atoms with Crippen molar-refractivity contribution in [1.29, 1.82) is 0 Å². The van der Waals surface area contributed by atoms with Gasteiger partial charge in [0.2, 0.25) is 5.91 Å². The van der Waals surface area contributed by atoms with Crippen LogP contribution in [0.1, 0.15) is 34.3 Å². The van der Waals surface area contributed by atoms with Crippen LogP contribution in [0.2, 0.25) is 5.02 Å². The van der Waals surface area contributed by atoms with E-state index < -0.39 is 0 Å². The molecule has 0 unspecified atom stereocenters. The number of amides is 1. The van der Waals surface area contributed by atoms with Crippen molar-refractivity contribution in [2.45, 2.75) is 25.7 Å². The van der Waals surface area contributed by atoms with E-state index in [2.05, 4.69) is 0 Å². The third-order valence-corrected chi connectivity index (χ3v) is 4.72. The summed E-state index contributed by atoms with van der Waals surface area (Å²) in [6, 6.07) is 13.1. The summed E-state index contributed by atoms with van der Waals surface area (Å²) < 4.78 is 4.75. The van der Waals surface area contributed by atoms with Crippen molar-refractivity contribution in [2.24, 2.45) is 0 Å². The number of carbonyl (C=O) groups excluding carboxylic acids is 2. The number of aryl methyl sites for hydroxylation is 1. The first kappa shape index (κ1) is 17.5. The van der Waals surface area contributed by atoms with Crippen LogP contribution in [-0.2, 0) is 22.4 Å². The average Bonchev–Trinajstić information content (AvgIpc) is 3.05. The Balaban J connectivity index is 1.59. The van der Waals surface area contributed by atoms with Crippen LogP contribution in [0.15, 0.2) is 42.5 Å². The number of methoxy groups -OCH3 is 1. The number of anilines is 1. The molecule has 0 saturated carbocycles. The molecule has 0 aromatic heterocycles. The molecule has 1 aliphatic heterocycles. The first-order valence-electron chi connectivity index (χ1n) is 8.34. The SMILES string of the molecule is COC(=O)c1ccc2c(c1)CCN2C(=O)CCCc1ccc(Cl)cc1. The van der Waals surface area contributed by atoms with Gasteiger partial charge in [-0.1, -0.05) is 23.7 Å². The molecule has 4 nitrogen and oxygen atoms in total. The number of rotatable bonds is 5. The zero-order valence-corrected chi connectivity index (χ0v) is 14.9. The van der Waals surface area contributed by atoms with Gasteiger partial charge in [-0.05, 0) is 60.7 Å². The molecule has 1 amide bonds. The van der Waals surface area contributed by atoms with E-state index in [1.54, 1.807) is 6.07 Å². The van der Waals surface area contributed by atoms with Crippen LogP contribution in [-0.4, -0.2) is 25.5 Å². The fourth-order valence-electron chi connectivity index (χ4n) is 3.14. The second-order valence-electron chi connectivity index (χ2n) is 6.11. The number of nitrogens with zero attached hydrogens (tertiary/aromatic N) is 1. The maximum atomic E-state index is 12.5. The monoisotopic (exact) mass is 357 g/mol. The minimum Gasteiger partial charge on any atom is -0.465 e. The Kier molecular flexibility index (Phi) is 5.39. The van der Waals surface area contributed by atoms with E-state index in [0.29, 0.717) is 18.5 Å². The molecular formula is C20H20ClNO3. The molecule has 1 aliphatic rings. The van der Waals surface area contributed by atoms with Gasteiger partial charge in [-0.25, -0.2) is 4.79 Å². The molecule has 5 heteroatoms. The van der Waals surface area contributed by atoms with Crippen LogP contribution in [0.5, 0.6) is 0 Å². The van der Waals surface area contributed by atoms with Crippen LogP contribution in [0, 0.1) is 0 Å². The molecule has 2 aromatic rings. The lowest BCUT2D eigenvalue weighted by Crippen LogP contribution is -2.28. The van der Waals surface area contributed by atoms with Crippen molar-refractivity contribution in [3.05, 3.63) is 64.2 Å². The zero-order valence-electron chi connectivity index (χ0n) is 14.1. The van der Waals surface area contributed by atoms with Gasteiger partial charge < -0.3 is 9.64 Å². The highest BCUT2D eigenvalue weighted by molar-refractivity contribution is 6.30. The maximum absolute atomic E-state index is 12.5. The highest BCUT2D eigenvalue weighted by atomic mass is 35.5. The van der Waals surface area contributed by atoms with Crippen LogP contribution in [0.3, 0.4) is 0 Å². The number of hydrogen-bond acceptors (Lipinski definition) is 3. The lowest BCUT2D eigenvalue weighted by molar-refractivity contribution is -0.118. The van der Waals surface area contributed by atoms with E-state index in [1.165, 1.54) is 12.7 Å². The summed E-state index contributed by atoms with van der Waals surface area (Å²) in [4.78, 5) is 26.0. The Hall–Kier alpha value is -2.33. The van der Waals surface area contributed by atoms with Gasteiger partial charge in [0, 0.05) is 23.7 Å². The second-order valence-corrected chi connectivity index (χ2v) is 6.55. The van der Waals surface area contributed by atoms with Crippen LogP contribution in [0.4, 0.5) is 5.69 Å². The fourth-order valence-corrected chi connectivity index (χ4v) is 3.26. The van der Waals surface area contributed by atoms with Gasteiger partial charge in [0.25, 0.3) is 0 Å². The predicted molar refractivity (Wildman–Crippen MR) is 98.2 cm³/mol. The van der Waals surface area contributed by atoms with E-state index in [4.69, 9.17) is 16.3 Å². The molecule has 0 spiro atoms. The number of benzene rings is 2. The predicted octanol–water partition coefficient (Wildman–Crippen LogP) is 4.04. The summed E-state index contributed by atoms with van der Waals surface area (Å²) in [5.41, 5.74) is 3.64. The van der Waals surface area contributed by atoms with E-state index in [1.807, 2.05) is 41.3 Å². The Morgan fingerprint density at radius 1 is 1.16 bits per heavy atom. The topological polar surface area (TPSA) is 46.6 Å². The molecule has 0 fully saturated rings. The minimum atomic E-state index is -0.351. The molecule has 2 aromatic carbocycles. The molecule has 0 saturated heterocycles. The summed E-state index contributed by atoms with van der Waals surface area (Å²) >= 11 is 5.88. The van der Waals surface area contributed by atoms with Gasteiger partial charge in [-0.3, -0.25) is 4.79 Å². The molecule has 25 heavy (non-hydrogen) atoms. The van der Waals surface area contributed by atoms with E-state index in [0.717, 1.165) is 35.5 Å². The van der Waals surface area contributed by atoms with Crippen molar-refractivity contribution in [3.8, 4) is 0 Å². The summed E-state index contributed by atoms with van der Waals surface area (Å²) in [5.74, 6) is -0.228. The molecule has 0 N–H and O–H groups in total. The molecule has 0 radical (unpaired) electrons. The number of ether oxygens (including phenoxy) is 1. The van der Waals surface area contributed by atoms with Crippen molar-refractivity contribution >= 4 is 29.2 Å². The van der Waals surface area contributed by atoms with Gasteiger partial charge in [0.05, 0.1) is 12.7 Å². The zero-order chi connectivity index (χ0) is 17.8. The minimum absolute atomic E-state index is 0.124. The lowest BCUT2D eigenvalue weighted by Gasteiger charge is -2.17. The summed E-state index contributed by atoms with van der Waals surface area (Å²) in [7, 11) is 1.37. The van der Waals surface area contributed by atoms with Crippen LogP contribution >= 0.6 is 11.6 Å². The normalized spacial score (nSPS) is 12.8. The lowest BCUT2D eigenvalue weighted by atomic mass is 10.1. The molecule has 0 atom stereocenters. The number of fused-ring (bicyclic) bond motifs is 1. The third-order valence-electron chi connectivity index (χ3n) is 4.47. The highest BCUT2D eigenvalue weighted by Gasteiger charge is 2.25. The summed E-state index contributed by atoms with van der Waals surface area (Å²) in [6.07, 6.45) is 2.92. The van der Waals surface area contributed by atoms with Gasteiger partial charge in [0.1, 0.15) is 0 Å². The number of carbonyl (C=O) groups is 2. The Bertz CT molecular complexity index is 786. The third kappa shape index (κ3) is 4.02. The quantitative estimate of drug-likeness (QED) is 0.759. The van der Waals surface area contributed by atoms with Crippen molar-refractivity contribution in [2.75, 3.05) is 18.6 Å². The first-order valence-corrected chi connectivity index (χ1v) is 8.72. The Labute approximate surface area is 152 Å². The van der Waals surface area contributed by atoms with E-state index in [9.17, 15) is 9.59 Å². The summed E-state index contributed by atoms with van der Waals surface area (Å²) in [6.45, 7) is 0.666.